The first kappa shape index (κ1) is 14.7. The fourth-order valence-corrected chi connectivity index (χ4v) is 3.41. The van der Waals surface area contributed by atoms with Crippen molar-refractivity contribution in [3.8, 4) is 5.75 Å². The number of aromatic nitrogens is 2. The molecule has 4 nitrogen and oxygen atoms in total. The Hall–Kier alpha value is -0.750. The Morgan fingerprint density at radius 3 is 2.79 bits per heavy atom. The first-order valence-electron chi connectivity index (χ1n) is 5.81. The maximum Gasteiger partial charge on any atom is 0.163 e. The summed E-state index contributed by atoms with van der Waals surface area (Å²) in [6.07, 6.45) is 1.60. The molecule has 2 aromatic heterocycles. The van der Waals surface area contributed by atoms with Crippen LogP contribution in [0.3, 0.4) is 0 Å². The standard InChI is InChI=1S/C12H14Cl2N2O2S/c1-3-4-16-10(8(18-2)6-15-16)11(17)7-5-9(13)19-12(7)14/h5-6,11,17H,3-4H2,1-2H3. The van der Waals surface area contributed by atoms with Crippen LogP contribution in [0.2, 0.25) is 8.67 Å². The summed E-state index contributed by atoms with van der Waals surface area (Å²) in [4.78, 5) is 0. The lowest BCUT2D eigenvalue weighted by Gasteiger charge is -2.14. The van der Waals surface area contributed by atoms with E-state index in [9.17, 15) is 5.11 Å². The monoisotopic (exact) mass is 320 g/mol. The van der Waals surface area contributed by atoms with Gasteiger partial charge in [0, 0.05) is 12.1 Å². The Balaban J connectivity index is 2.44. The zero-order valence-corrected chi connectivity index (χ0v) is 12.9. The molecule has 104 valence electrons. The third kappa shape index (κ3) is 2.89. The predicted octanol–water partition coefficient (Wildman–Crippen LogP) is 3.75. The van der Waals surface area contributed by atoms with Crippen molar-refractivity contribution in [3.63, 3.8) is 0 Å². The molecule has 0 bridgehead atoms. The van der Waals surface area contributed by atoms with Gasteiger partial charge in [0.05, 0.1) is 17.6 Å². The van der Waals surface area contributed by atoms with Crippen LogP contribution in [0.1, 0.15) is 30.7 Å². The molecule has 7 heteroatoms. The first-order valence-corrected chi connectivity index (χ1v) is 7.38. The Labute approximate surface area is 125 Å². The van der Waals surface area contributed by atoms with Gasteiger partial charge in [-0.2, -0.15) is 5.10 Å². The third-order valence-electron chi connectivity index (χ3n) is 2.74. The molecular weight excluding hydrogens is 307 g/mol. The number of halogens is 2. The molecule has 1 N–H and O–H groups in total. The molecule has 0 fully saturated rings. The molecule has 0 spiro atoms. The van der Waals surface area contributed by atoms with Crippen LogP contribution in [-0.2, 0) is 6.54 Å². The van der Waals surface area contributed by atoms with Gasteiger partial charge < -0.3 is 9.84 Å². The number of aliphatic hydroxyl groups is 1. The van der Waals surface area contributed by atoms with E-state index < -0.39 is 6.10 Å². The number of rotatable bonds is 5. The van der Waals surface area contributed by atoms with E-state index in [0.717, 1.165) is 6.42 Å². The number of nitrogens with zero attached hydrogens (tertiary/aromatic N) is 2. The number of hydrogen-bond donors (Lipinski definition) is 1. The molecular formula is C12H14Cl2N2O2S. The molecule has 1 unspecified atom stereocenters. The smallest absolute Gasteiger partial charge is 0.163 e. The van der Waals surface area contributed by atoms with Crippen LogP contribution in [0.15, 0.2) is 12.3 Å². The van der Waals surface area contributed by atoms with Crippen LogP contribution in [-0.4, -0.2) is 22.0 Å². The fourth-order valence-electron chi connectivity index (χ4n) is 1.89. The molecule has 0 amide bonds. The fraction of sp³-hybridized carbons (Fsp3) is 0.417. The lowest BCUT2D eigenvalue weighted by atomic mass is 10.1. The largest absolute Gasteiger partial charge is 0.493 e. The third-order valence-corrected chi connectivity index (χ3v) is 4.25. The maximum absolute atomic E-state index is 10.5. The number of hydrogen-bond acceptors (Lipinski definition) is 4. The van der Waals surface area contributed by atoms with Gasteiger partial charge in [0.1, 0.15) is 16.1 Å². The van der Waals surface area contributed by atoms with Crippen LogP contribution in [0.5, 0.6) is 5.75 Å². The molecule has 0 saturated carbocycles. The Bertz CT molecular complexity index is 568. The maximum atomic E-state index is 10.5. The van der Waals surface area contributed by atoms with E-state index in [1.807, 2.05) is 6.92 Å². The highest BCUT2D eigenvalue weighted by molar-refractivity contribution is 7.20. The molecule has 1 atom stereocenters. The SMILES string of the molecule is CCCn1ncc(OC)c1C(O)c1cc(Cl)sc1Cl. The summed E-state index contributed by atoms with van der Waals surface area (Å²) in [6, 6.07) is 1.67. The lowest BCUT2D eigenvalue weighted by molar-refractivity contribution is 0.202. The van der Waals surface area contributed by atoms with E-state index in [-0.39, 0.29) is 0 Å². The molecule has 0 aliphatic rings. The summed E-state index contributed by atoms with van der Waals surface area (Å²) in [7, 11) is 1.55. The Morgan fingerprint density at radius 2 is 2.26 bits per heavy atom. The lowest BCUT2D eigenvalue weighted by Crippen LogP contribution is -2.11. The molecule has 0 saturated heterocycles. The van der Waals surface area contributed by atoms with Gasteiger partial charge in [-0.15, -0.1) is 11.3 Å². The van der Waals surface area contributed by atoms with Gasteiger partial charge in [0.2, 0.25) is 0 Å². The quantitative estimate of drug-likeness (QED) is 0.912. The topological polar surface area (TPSA) is 47.3 Å². The van der Waals surface area contributed by atoms with Gasteiger partial charge in [-0.3, -0.25) is 4.68 Å². The summed E-state index contributed by atoms with van der Waals surface area (Å²) < 4.78 is 7.99. The molecule has 2 heterocycles. The van der Waals surface area contributed by atoms with E-state index >= 15 is 0 Å². The summed E-state index contributed by atoms with van der Waals surface area (Å²) in [5.41, 5.74) is 1.17. The Kier molecular flexibility index (Phi) is 4.73. The second-order valence-electron chi connectivity index (χ2n) is 4.00. The molecule has 0 radical (unpaired) electrons. The minimum absolute atomic E-state index is 0.476. The zero-order chi connectivity index (χ0) is 14.0. The van der Waals surface area contributed by atoms with Gasteiger partial charge in [0.15, 0.2) is 5.75 Å². The average molecular weight is 321 g/mol. The van der Waals surface area contributed by atoms with Crippen molar-refractivity contribution in [2.45, 2.75) is 26.0 Å². The van der Waals surface area contributed by atoms with Crippen molar-refractivity contribution in [2.75, 3.05) is 7.11 Å². The predicted molar refractivity (Wildman–Crippen MR) is 77.5 cm³/mol. The number of ether oxygens (including phenoxy) is 1. The Morgan fingerprint density at radius 1 is 1.53 bits per heavy atom. The summed E-state index contributed by atoms with van der Waals surface area (Å²) in [5, 5.41) is 14.7. The second-order valence-corrected chi connectivity index (χ2v) is 6.29. The van der Waals surface area contributed by atoms with Crippen LogP contribution in [0.4, 0.5) is 0 Å². The van der Waals surface area contributed by atoms with Gasteiger partial charge >= 0.3 is 0 Å². The van der Waals surface area contributed by atoms with Crippen LogP contribution in [0, 0.1) is 0 Å². The minimum Gasteiger partial charge on any atom is -0.493 e. The van der Waals surface area contributed by atoms with Gasteiger partial charge in [-0.25, -0.2) is 0 Å². The van der Waals surface area contributed by atoms with Gasteiger partial charge in [0.25, 0.3) is 0 Å². The highest BCUT2D eigenvalue weighted by Gasteiger charge is 2.24. The number of aryl methyl sites for hydroxylation is 1. The molecule has 0 aromatic carbocycles. The zero-order valence-electron chi connectivity index (χ0n) is 10.6. The number of methoxy groups -OCH3 is 1. The highest BCUT2D eigenvalue weighted by atomic mass is 35.5. The van der Waals surface area contributed by atoms with Crippen LogP contribution in [0.25, 0.3) is 0 Å². The van der Waals surface area contributed by atoms with Crippen molar-refractivity contribution in [1.82, 2.24) is 9.78 Å². The number of aliphatic hydroxyl groups excluding tert-OH is 1. The van der Waals surface area contributed by atoms with Crippen molar-refractivity contribution >= 4 is 34.5 Å². The van der Waals surface area contributed by atoms with Crippen LogP contribution >= 0.6 is 34.5 Å². The van der Waals surface area contributed by atoms with E-state index in [4.69, 9.17) is 27.9 Å². The van der Waals surface area contributed by atoms with Gasteiger partial charge in [-0.05, 0) is 12.5 Å². The molecule has 0 aliphatic carbocycles. The molecule has 2 aromatic rings. The summed E-state index contributed by atoms with van der Waals surface area (Å²) in [6.45, 7) is 2.74. The second kappa shape index (κ2) is 6.13. The average Bonchev–Trinajstić information content (AvgIpc) is 2.92. The molecule has 19 heavy (non-hydrogen) atoms. The van der Waals surface area contributed by atoms with Crippen molar-refractivity contribution in [1.29, 1.82) is 0 Å². The summed E-state index contributed by atoms with van der Waals surface area (Å²) in [5.74, 6) is 0.541. The summed E-state index contributed by atoms with van der Waals surface area (Å²) >= 11 is 13.2. The van der Waals surface area contributed by atoms with Gasteiger partial charge in [-0.1, -0.05) is 30.1 Å². The molecule has 2 rings (SSSR count). The van der Waals surface area contributed by atoms with E-state index in [1.165, 1.54) is 11.3 Å². The van der Waals surface area contributed by atoms with E-state index in [2.05, 4.69) is 5.10 Å². The van der Waals surface area contributed by atoms with Crippen molar-refractivity contribution in [3.05, 3.63) is 32.2 Å². The van der Waals surface area contributed by atoms with Crippen molar-refractivity contribution < 1.29 is 9.84 Å². The normalized spacial score (nSPS) is 12.7. The van der Waals surface area contributed by atoms with E-state index in [0.29, 0.717) is 32.2 Å². The number of thiophene rings is 1. The molecule has 0 aliphatic heterocycles. The minimum atomic E-state index is -0.903. The van der Waals surface area contributed by atoms with Crippen molar-refractivity contribution in [2.24, 2.45) is 0 Å². The first-order chi connectivity index (χ1) is 9.08. The highest BCUT2D eigenvalue weighted by Crippen LogP contribution is 2.39. The van der Waals surface area contributed by atoms with Crippen LogP contribution < -0.4 is 4.74 Å². The van der Waals surface area contributed by atoms with E-state index in [1.54, 1.807) is 24.1 Å².